The van der Waals surface area contributed by atoms with Crippen molar-refractivity contribution >= 4 is 0 Å². The lowest BCUT2D eigenvalue weighted by molar-refractivity contribution is -0.595. The average Bonchev–Trinajstić information content (AvgIpc) is 2.68. The standard InChI is InChI=1S/C14H18N2O.ClH/c1-10(2)17-13-7-11(3)14(12(4)8-13)16-6-5-15-9-16;/h5-10H,1-4H3;1H. The van der Waals surface area contributed by atoms with E-state index in [-0.39, 0.29) is 18.5 Å². The maximum atomic E-state index is 5.73. The first-order valence-corrected chi connectivity index (χ1v) is 5.90. The van der Waals surface area contributed by atoms with Crippen molar-refractivity contribution in [2.75, 3.05) is 0 Å². The van der Waals surface area contributed by atoms with Crippen molar-refractivity contribution in [2.45, 2.75) is 33.8 Å². The highest BCUT2D eigenvalue weighted by Gasteiger charge is 2.12. The van der Waals surface area contributed by atoms with Gasteiger partial charge >= 0.3 is 0 Å². The zero-order chi connectivity index (χ0) is 12.4. The molecule has 0 aliphatic heterocycles. The Morgan fingerprint density at radius 1 is 1.17 bits per heavy atom. The van der Waals surface area contributed by atoms with E-state index in [9.17, 15) is 0 Å². The molecule has 0 aliphatic carbocycles. The van der Waals surface area contributed by atoms with Gasteiger partial charge in [0.15, 0.2) is 0 Å². The minimum atomic E-state index is 0. The molecule has 3 nitrogen and oxygen atoms in total. The van der Waals surface area contributed by atoms with Crippen molar-refractivity contribution in [1.29, 1.82) is 0 Å². The van der Waals surface area contributed by atoms with E-state index in [1.54, 1.807) is 0 Å². The van der Waals surface area contributed by atoms with Crippen LogP contribution in [0.1, 0.15) is 25.0 Å². The van der Waals surface area contributed by atoms with Gasteiger partial charge in [0.25, 0.3) is 0 Å². The van der Waals surface area contributed by atoms with E-state index in [0.29, 0.717) is 0 Å². The SMILES string of the molecule is Cc1cc(OC(C)C)cc(C)c1-[n+]1cc[nH]c1.[Cl-]. The van der Waals surface area contributed by atoms with Gasteiger partial charge in [-0.05, 0) is 39.8 Å². The van der Waals surface area contributed by atoms with Crippen LogP contribution in [0.3, 0.4) is 0 Å². The summed E-state index contributed by atoms with van der Waals surface area (Å²) in [4.78, 5) is 3.06. The first-order chi connectivity index (χ1) is 8.08. The van der Waals surface area contributed by atoms with Crippen LogP contribution in [0, 0.1) is 13.8 Å². The van der Waals surface area contributed by atoms with Crippen LogP contribution in [0.2, 0.25) is 0 Å². The number of hydrogen-bond acceptors (Lipinski definition) is 1. The fraction of sp³-hybridized carbons (Fsp3) is 0.357. The minimum Gasteiger partial charge on any atom is -1.00 e. The first-order valence-electron chi connectivity index (χ1n) is 5.90. The quantitative estimate of drug-likeness (QED) is 0.760. The summed E-state index contributed by atoms with van der Waals surface area (Å²) < 4.78 is 7.82. The number of benzene rings is 1. The van der Waals surface area contributed by atoms with Crippen molar-refractivity contribution in [1.82, 2.24) is 4.98 Å². The van der Waals surface area contributed by atoms with Crippen molar-refractivity contribution in [2.24, 2.45) is 0 Å². The highest BCUT2D eigenvalue weighted by atomic mass is 35.5. The molecule has 1 aromatic carbocycles. The lowest BCUT2D eigenvalue weighted by Crippen LogP contribution is -3.00. The molecule has 98 valence electrons. The molecular formula is C14H19ClN2O. The number of H-pyrrole nitrogens is 1. The van der Waals surface area contributed by atoms with Gasteiger partial charge in [-0.2, -0.15) is 0 Å². The number of ether oxygens (including phenoxy) is 1. The van der Waals surface area contributed by atoms with E-state index in [1.807, 2.05) is 32.6 Å². The molecule has 0 bridgehead atoms. The number of halogens is 1. The molecule has 0 fully saturated rings. The molecule has 0 radical (unpaired) electrons. The number of imidazole rings is 1. The molecule has 0 amide bonds. The molecule has 0 spiro atoms. The Morgan fingerprint density at radius 3 is 2.22 bits per heavy atom. The van der Waals surface area contributed by atoms with Gasteiger partial charge in [-0.25, -0.2) is 9.55 Å². The number of hydrogen-bond donors (Lipinski definition) is 1. The van der Waals surface area contributed by atoms with Gasteiger partial charge in [0.05, 0.1) is 6.10 Å². The predicted molar refractivity (Wildman–Crippen MR) is 67.6 cm³/mol. The van der Waals surface area contributed by atoms with Gasteiger partial charge in [-0.1, -0.05) is 0 Å². The van der Waals surface area contributed by atoms with Gasteiger partial charge in [0, 0.05) is 11.1 Å². The summed E-state index contributed by atoms with van der Waals surface area (Å²) in [6.45, 7) is 8.30. The van der Waals surface area contributed by atoms with Gasteiger partial charge in [0.2, 0.25) is 6.33 Å². The summed E-state index contributed by atoms with van der Waals surface area (Å²) in [5.41, 5.74) is 3.64. The van der Waals surface area contributed by atoms with Crippen molar-refractivity contribution in [3.63, 3.8) is 0 Å². The third kappa shape index (κ3) is 3.05. The number of nitrogens with one attached hydrogen (secondary N) is 1. The monoisotopic (exact) mass is 266 g/mol. The minimum absolute atomic E-state index is 0. The second-order valence-electron chi connectivity index (χ2n) is 4.59. The summed E-state index contributed by atoms with van der Waals surface area (Å²) in [7, 11) is 0. The van der Waals surface area contributed by atoms with Crippen LogP contribution in [-0.2, 0) is 0 Å². The second-order valence-corrected chi connectivity index (χ2v) is 4.59. The van der Waals surface area contributed by atoms with Gasteiger partial charge in [-0.15, -0.1) is 0 Å². The fourth-order valence-corrected chi connectivity index (χ4v) is 2.09. The summed E-state index contributed by atoms with van der Waals surface area (Å²) in [6, 6.07) is 4.17. The summed E-state index contributed by atoms with van der Waals surface area (Å²) in [5.74, 6) is 0.940. The Labute approximate surface area is 114 Å². The van der Waals surface area contributed by atoms with E-state index in [1.165, 1.54) is 16.8 Å². The van der Waals surface area contributed by atoms with Gasteiger partial charge in [0.1, 0.15) is 23.8 Å². The maximum Gasteiger partial charge on any atom is 0.246 e. The van der Waals surface area contributed by atoms with Crippen molar-refractivity contribution in [3.8, 4) is 11.4 Å². The molecule has 4 heteroatoms. The molecule has 0 saturated heterocycles. The number of nitrogens with zero attached hydrogens (tertiary/aromatic N) is 1. The van der Waals surface area contributed by atoms with Crippen LogP contribution >= 0.6 is 0 Å². The Balaban J connectivity index is 0.00000162. The molecule has 1 N–H and O–H groups in total. The van der Waals surface area contributed by atoms with Crippen molar-refractivity contribution in [3.05, 3.63) is 42.0 Å². The molecule has 0 saturated carbocycles. The summed E-state index contributed by atoms with van der Waals surface area (Å²) >= 11 is 0. The number of aryl methyl sites for hydroxylation is 2. The van der Waals surface area contributed by atoms with Crippen molar-refractivity contribution < 1.29 is 21.7 Å². The molecule has 2 rings (SSSR count). The molecule has 0 unspecified atom stereocenters. The van der Waals surface area contributed by atoms with Crippen LogP contribution in [0.15, 0.2) is 30.9 Å². The Kier molecular flexibility index (Phi) is 4.79. The third-order valence-electron chi connectivity index (χ3n) is 2.64. The lowest BCUT2D eigenvalue weighted by Gasteiger charge is -2.13. The number of aromatic amines is 1. The summed E-state index contributed by atoms with van der Waals surface area (Å²) in [6.07, 6.45) is 6.08. The normalized spacial score (nSPS) is 10.3. The molecule has 18 heavy (non-hydrogen) atoms. The Morgan fingerprint density at radius 2 is 1.78 bits per heavy atom. The molecule has 0 atom stereocenters. The number of rotatable bonds is 3. The largest absolute Gasteiger partial charge is 1.00 e. The van der Waals surface area contributed by atoms with Crippen LogP contribution in [0.4, 0.5) is 0 Å². The van der Waals surface area contributed by atoms with Crippen LogP contribution in [0.5, 0.6) is 5.75 Å². The third-order valence-corrected chi connectivity index (χ3v) is 2.64. The van der Waals surface area contributed by atoms with Crippen LogP contribution in [-0.4, -0.2) is 11.1 Å². The predicted octanol–water partition coefficient (Wildman–Crippen LogP) is -0.301. The Hall–Kier alpha value is -1.48. The molecule has 2 aromatic rings. The Bertz CT molecular complexity index is 484. The average molecular weight is 267 g/mol. The zero-order valence-corrected chi connectivity index (χ0v) is 12.0. The second kappa shape index (κ2) is 5.91. The van der Waals surface area contributed by atoms with E-state index in [0.717, 1.165) is 5.75 Å². The van der Waals surface area contributed by atoms with E-state index < -0.39 is 0 Å². The van der Waals surface area contributed by atoms with Gasteiger partial charge in [-0.3, -0.25) is 0 Å². The molecule has 0 aliphatic rings. The highest BCUT2D eigenvalue weighted by Crippen LogP contribution is 2.22. The fourth-order valence-electron chi connectivity index (χ4n) is 2.09. The lowest BCUT2D eigenvalue weighted by atomic mass is 10.1. The highest BCUT2D eigenvalue weighted by molar-refractivity contribution is 5.46. The first kappa shape index (κ1) is 14.6. The maximum absolute atomic E-state index is 5.73. The van der Waals surface area contributed by atoms with Crippen LogP contribution in [0.25, 0.3) is 5.69 Å². The van der Waals surface area contributed by atoms with E-state index in [4.69, 9.17) is 4.74 Å². The smallest absolute Gasteiger partial charge is 0.246 e. The molecular weight excluding hydrogens is 248 g/mol. The topological polar surface area (TPSA) is 28.9 Å². The van der Waals surface area contributed by atoms with E-state index in [2.05, 4.69) is 35.5 Å². The van der Waals surface area contributed by atoms with Crippen LogP contribution < -0.4 is 21.7 Å². The number of aromatic nitrogens is 2. The zero-order valence-electron chi connectivity index (χ0n) is 11.2. The van der Waals surface area contributed by atoms with E-state index >= 15 is 0 Å². The van der Waals surface area contributed by atoms with Gasteiger partial charge < -0.3 is 17.1 Å². The molecule has 1 heterocycles. The molecule has 1 aromatic heterocycles. The summed E-state index contributed by atoms with van der Waals surface area (Å²) in [5, 5.41) is 0.